The number of benzene rings is 1. The van der Waals surface area contributed by atoms with Crippen LogP contribution in [0.3, 0.4) is 0 Å². The fourth-order valence-corrected chi connectivity index (χ4v) is 2.85. The fourth-order valence-electron chi connectivity index (χ4n) is 2.58. The summed E-state index contributed by atoms with van der Waals surface area (Å²) in [5.74, 6) is 0.176. The second kappa shape index (κ2) is 6.06. The SMILES string of the molecule is CCC1(C(=O)N[C@H](C)c2ccc(Br)cc2)CCNC1. The Labute approximate surface area is 123 Å². The largest absolute Gasteiger partial charge is 0.349 e. The van der Waals surface area contributed by atoms with Crippen LogP contribution in [0.1, 0.15) is 38.3 Å². The van der Waals surface area contributed by atoms with Gasteiger partial charge in [-0.15, -0.1) is 0 Å². The van der Waals surface area contributed by atoms with Crippen molar-refractivity contribution in [1.29, 1.82) is 0 Å². The van der Waals surface area contributed by atoms with Gasteiger partial charge in [0.25, 0.3) is 0 Å². The Morgan fingerprint density at radius 1 is 1.47 bits per heavy atom. The maximum absolute atomic E-state index is 12.5. The third-order valence-corrected chi connectivity index (χ3v) is 4.65. The molecule has 1 aromatic carbocycles. The molecule has 1 aliphatic heterocycles. The molecule has 0 bridgehead atoms. The standard InChI is InChI=1S/C15H21BrN2O/c1-3-15(8-9-17-10-15)14(19)18-11(2)12-4-6-13(16)7-5-12/h4-7,11,17H,3,8-10H2,1-2H3,(H,18,19)/t11-,15?/m1/s1. The number of halogens is 1. The smallest absolute Gasteiger partial charge is 0.228 e. The molecule has 0 saturated carbocycles. The molecular formula is C15H21BrN2O. The molecule has 0 spiro atoms. The average Bonchev–Trinajstić information content (AvgIpc) is 2.89. The van der Waals surface area contributed by atoms with Gasteiger partial charge < -0.3 is 10.6 Å². The van der Waals surface area contributed by atoms with Crippen molar-refractivity contribution in [3.63, 3.8) is 0 Å². The van der Waals surface area contributed by atoms with Gasteiger partial charge in [-0.25, -0.2) is 0 Å². The Hall–Kier alpha value is -0.870. The summed E-state index contributed by atoms with van der Waals surface area (Å²) in [4.78, 5) is 12.5. The van der Waals surface area contributed by atoms with Gasteiger partial charge in [0.2, 0.25) is 5.91 Å². The van der Waals surface area contributed by atoms with E-state index in [-0.39, 0.29) is 17.4 Å². The molecular weight excluding hydrogens is 304 g/mol. The minimum Gasteiger partial charge on any atom is -0.349 e. The summed E-state index contributed by atoms with van der Waals surface area (Å²) in [6.45, 7) is 5.86. The predicted molar refractivity (Wildman–Crippen MR) is 80.9 cm³/mol. The lowest BCUT2D eigenvalue weighted by molar-refractivity contribution is -0.131. The molecule has 1 saturated heterocycles. The topological polar surface area (TPSA) is 41.1 Å². The maximum atomic E-state index is 12.5. The van der Waals surface area contributed by atoms with Crippen LogP contribution in [0, 0.1) is 5.41 Å². The van der Waals surface area contributed by atoms with Gasteiger partial charge in [-0.2, -0.15) is 0 Å². The molecule has 4 heteroatoms. The molecule has 1 aliphatic rings. The van der Waals surface area contributed by atoms with Crippen LogP contribution in [0.25, 0.3) is 0 Å². The van der Waals surface area contributed by atoms with E-state index in [1.54, 1.807) is 0 Å². The molecule has 1 aromatic rings. The van der Waals surface area contributed by atoms with E-state index in [9.17, 15) is 4.79 Å². The first-order valence-corrected chi connectivity index (χ1v) is 7.64. The fraction of sp³-hybridized carbons (Fsp3) is 0.533. The number of nitrogens with one attached hydrogen (secondary N) is 2. The van der Waals surface area contributed by atoms with Crippen LogP contribution < -0.4 is 10.6 Å². The highest BCUT2D eigenvalue weighted by molar-refractivity contribution is 9.10. The van der Waals surface area contributed by atoms with Gasteiger partial charge in [0.1, 0.15) is 0 Å². The van der Waals surface area contributed by atoms with Gasteiger partial charge >= 0.3 is 0 Å². The van der Waals surface area contributed by atoms with Crippen LogP contribution in [0.5, 0.6) is 0 Å². The van der Waals surface area contributed by atoms with Crippen molar-refractivity contribution in [3.8, 4) is 0 Å². The van der Waals surface area contributed by atoms with Gasteiger partial charge in [0, 0.05) is 11.0 Å². The second-order valence-electron chi connectivity index (χ2n) is 5.31. The first-order valence-electron chi connectivity index (χ1n) is 6.84. The van der Waals surface area contributed by atoms with Crippen molar-refractivity contribution < 1.29 is 4.79 Å². The molecule has 1 unspecified atom stereocenters. The monoisotopic (exact) mass is 324 g/mol. The lowest BCUT2D eigenvalue weighted by atomic mass is 9.83. The maximum Gasteiger partial charge on any atom is 0.228 e. The zero-order chi connectivity index (χ0) is 13.9. The number of hydrogen-bond acceptors (Lipinski definition) is 2. The molecule has 1 amide bonds. The van der Waals surface area contributed by atoms with E-state index in [0.29, 0.717) is 0 Å². The molecule has 2 N–H and O–H groups in total. The summed E-state index contributed by atoms with van der Waals surface area (Å²) in [6.07, 6.45) is 1.82. The van der Waals surface area contributed by atoms with E-state index in [0.717, 1.165) is 36.0 Å². The highest BCUT2D eigenvalue weighted by Gasteiger charge is 2.39. The molecule has 3 nitrogen and oxygen atoms in total. The van der Waals surface area contributed by atoms with E-state index >= 15 is 0 Å². The summed E-state index contributed by atoms with van der Waals surface area (Å²) in [5.41, 5.74) is 0.914. The summed E-state index contributed by atoms with van der Waals surface area (Å²) >= 11 is 3.42. The minimum absolute atomic E-state index is 0.0459. The highest BCUT2D eigenvalue weighted by Crippen LogP contribution is 2.30. The quantitative estimate of drug-likeness (QED) is 0.893. The summed E-state index contributed by atoms with van der Waals surface area (Å²) in [7, 11) is 0. The van der Waals surface area contributed by atoms with Gasteiger partial charge in [0.15, 0.2) is 0 Å². The molecule has 2 rings (SSSR count). The number of carbonyl (C=O) groups is 1. The van der Waals surface area contributed by atoms with E-state index in [1.807, 2.05) is 31.2 Å². The second-order valence-corrected chi connectivity index (χ2v) is 6.22. The molecule has 104 valence electrons. The van der Waals surface area contributed by atoms with Crippen LogP contribution in [-0.4, -0.2) is 19.0 Å². The van der Waals surface area contributed by atoms with Crippen LogP contribution in [-0.2, 0) is 4.79 Å². The number of rotatable bonds is 4. The normalized spacial score (nSPS) is 24.2. The van der Waals surface area contributed by atoms with E-state index in [2.05, 4.69) is 33.5 Å². The summed E-state index contributed by atoms with van der Waals surface area (Å²) in [6, 6.07) is 8.14. The highest BCUT2D eigenvalue weighted by atomic mass is 79.9. The Morgan fingerprint density at radius 3 is 2.68 bits per heavy atom. The third kappa shape index (κ3) is 3.18. The Kier molecular flexibility index (Phi) is 4.63. The molecule has 0 aliphatic carbocycles. The Bertz CT molecular complexity index is 438. The van der Waals surface area contributed by atoms with Crippen LogP contribution in [0.15, 0.2) is 28.7 Å². The molecule has 19 heavy (non-hydrogen) atoms. The van der Waals surface area contributed by atoms with Crippen molar-refractivity contribution in [2.75, 3.05) is 13.1 Å². The Morgan fingerprint density at radius 2 is 2.16 bits per heavy atom. The first-order chi connectivity index (χ1) is 9.07. The average molecular weight is 325 g/mol. The molecule has 1 heterocycles. The van der Waals surface area contributed by atoms with Crippen LogP contribution in [0.4, 0.5) is 0 Å². The van der Waals surface area contributed by atoms with Crippen LogP contribution >= 0.6 is 15.9 Å². The molecule has 2 atom stereocenters. The summed E-state index contributed by atoms with van der Waals surface area (Å²) in [5, 5.41) is 6.45. The van der Waals surface area contributed by atoms with Crippen molar-refractivity contribution in [1.82, 2.24) is 10.6 Å². The lowest BCUT2D eigenvalue weighted by Crippen LogP contribution is -2.43. The lowest BCUT2D eigenvalue weighted by Gasteiger charge is -2.27. The number of hydrogen-bond donors (Lipinski definition) is 2. The van der Waals surface area contributed by atoms with Crippen molar-refractivity contribution in [2.45, 2.75) is 32.7 Å². The van der Waals surface area contributed by atoms with Crippen molar-refractivity contribution in [2.24, 2.45) is 5.41 Å². The van der Waals surface area contributed by atoms with Gasteiger partial charge in [0.05, 0.1) is 11.5 Å². The number of carbonyl (C=O) groups excluding carboxylic acids is 1. The van der Waals surface area contributed by atoms with E-state index in [4.69, 9.17) is 0 Å². The predicted octanol–water partition coefficient (Wildman–Crippen LogP) is 3.02. The molecule has 0 aromatic heterocycles. The number of amides is 1. The van der Waals surface area contributed by atoms with E-state index in [1.165, 1.54) is 0 Å². The first kappa shape index (κ1) is 14.5. The van der Waals surface area contributed by atoms with Gasteiger partial charge in [-0.05, 0) is 44.0 Å². The van der Waals surface area contributed by atoms with Crippen molar-refractivity contribution in [3.05, 3.63) is 34.3 Å². The van der Waals surface area contributed by atoms with Crippen LogP contribution in [0.2, 0.25) is 0 Å². The third-order valence-electron chi connectivity index (χ3n) is 4.12. The zero-order valence-corrected chi connectivity index (χ0v) is 13.1. The van der Waals surface area contributed by atoms with Crippen molar-refractivity contribution >= 4 is 21.8 Å². The van der Waals surface area contributed by atoms with E-state index < -0.39 is 0 Å². The zero-order valence-electron chi connectivity index (χ0n) is 11.5. The minimum atomic E-state index is -0.219. The van der Waals surface area contributed by atoms with Gasteiger partial charge in [-0.1, -0.05) is 35.0 Å². The Balaban J connectivity index is 2.04. The molecule has 0 radical (unpaired) electrons. The van der Waals surface area contributed by atoms with Gasteiger partial charge in [-0.3, -0.25) is 4.79 Å². The molecule has 1 fully saturated rings. The summed E-state index contributed by atoms with van der Waals surface area (Å²) < 4.78 is 1.06.